The van der Waals surface area contributed by atoms with Crippen molar-refractivity contribution in [3.8, 4) is 0 Å². The number of carbonyl (C=O) groups is 1. The zero-order chi connectivity index (χ0) is 19.1. The maximum atomic E-state index is 13.1. The predicted octanol–water partition coefficient (Wildman–Crippen LogP) is 2.71. The van der Waals surface area contributed by atoms with Crippen molar-refractivity contribution in [2.75, 3.05) is 19.7 Å². The van der Waals surface area contributed by atoms with Gasteiger partial charge in [-0.2, -0.15) is 4.31 Å². The lowest BCUT2D eigenvalue weighted by molar-refractivity contribution is 0.0491. The van der Waals surface area contributed by atoms with Crippen LogP contribution in [0.15, 0.2) is 27.5 Å². The van der Waals surface area contributed by atoms with Gasteiger partial charge < -0.3 is 14.5 Å². The summed E-state index contributed by atoms with van der Waals surface area (Å²) in [4.78, 5) is 12.2. The third-order valence-electron chi connectivity index (χ3n) is 4.68. The maximum Gasteiger partial charge on any atom is 0.374 e. The van der Waals surface area contributed by atoms with Gasteiger partial charge in [-0.3, -0.25) is 0 Å². The SMILES string of the molecule is CCOC(=O)c1oc2ccc(S(=O)(=O)N3CC(C)NCC3C)cc2c1C.Cl. The number of piperazine rings is 1. The minimum absolute atomic E-state index is 0. The van der Waals surface area contributed by atoms with Crippen molar-refractivity contribution < 1.29 is 22.4 Å². The third kappa shape index (κ3) is 3.99. The fourth-order valence-electron chi connectivity index (χ4n) is 3.21. The first-order valence-electron chi connectivity index (χ1n) is 8.71. The molecule has 3 rings (SSSR count). The van der Waals surface area contributed by atoms with E-state index in [1.807, 2.05) is 13.8 Å². The molecule has 1 aromatic carbocycles. The van der Waals surface area contributed by atoms with E-state index in [9.17, 15) is 13.2 Å². The van der Waals surface area contributed by atoms with Crippen LogP contribution >= 0.6 is 12.4 Å². The molecule has 1 aliphatic rings. The average molecular weight is 417 g/mol. The monoisotopic (exact) mass is 416 g/mol. The van der Waals surface area contributed by atoms with Gasteiger partial charge in [-0.25, -0.2) is 13.2 Å². The highest BCUT2D eigenvalue weighted by Gasteiger charge is 2.34. The van der Waals surface area contributed by atoms with Gasteiger partial charge in [0.2, 0.25) is 15.8 Å². The number of hydrogen-bond acceptors (Lipinski definition) is 6. The van der Waals surface area contributed by atoms with Gasteiger partial charge in [0.15, 0.2) is 0 Å². The zero-order valence-electron chi connectivity index (χ0n) is 15.8. The number of halogens is 1. The lowest BCUT2D eigenvalue weighted by atomic mass is 10.1. The minimum atomic E-state index is -3.64. The summed E-state index contributed by atoms with van der Waals surface area (Å²) in [5, 5.41) is 3.88. The van der Waals surface area contributed by atoms with Gasteiger partial charge in [-0.15, -0.1) is 12.4 Å². The number of sulfonamides is 1. The van der Waals surface area contributed by atoms with E-state index in [-0.39, 0.29) is 41.8 Å². The van der Waals surface area contributed by atoms with E-state index in [2.05, 4.69) is 5.32 Å². The summed E-state index contributed by atoms with van der Waals surface area (Å²) in [6.45, 7) is 8.56. The number of nitrogens with one attached hydrogen (secondary N) is 1. The number of ether oxygens (including phenoxy) is 1. The second-order valence-electron chi connectivity index (χ2n) is 6.67. The fourth-order valence-corrected chi connectivity index (χ4v) is 4.96. The molecule has 0 spiro atoms. The van der Waals surface area contributed by atoms with Crippen LogP contribution in [0, 0.1) is 6.92 Å². The number of hydrogen-bond donors (Lipinski definition) is 1. The van der Waals surface area contributed by atoms with E-state index in [1.54, 1.807) is 26.0 Å². The Hall–Kier alpha value is -1.61. The molecule has 1 saturated heterocycles. The highest BCUT2D eigenvalue weighted by atomic mass is 35.5. The average Bonchev–Trinajstić information content (AvgIpc) is 2.93. The second kappa shape index (κ2) is 8.18. The second-order valence-corrected chi connectivity index (χ2v) is 8.56. The normalized spacial score (nSPS) is 21.0. The lowest BCUT2D eigenvalue weighted by Gasteiger charge is -2.36. The van der Waals surface area contributed by atoms with E-state index < -0.39 is 16.0 Å². The number of fused-ring (bicyclic) bond motifs is 1. The Kier molecular flexibility index (Phi) is 6.57. The van der Waals surface area contributed by atoms with Crippen LogP contribution in [0.4, 0.5) is 0 Å². The molecule has 1 N–H and O–H groups in total. The predicted molar refractivity (Wildman–Crippen MR) is 105 cm³/mol. The number of benzene rings is 1. The fraction of sp³-hybridized carbons (Fsp3) is 0.500. The first-order chi connectivity index (χ1) is 12.3. The molecular formula is C18H25ClN2O5S. The zero-order valence-corrected chi connectivity index (χ0v) is 17.4. The molecule has 2 heterocycles. The Morgan fingerprint density at radius 3 is 2.74 bits per heavy atom. The summed E-state index contributed by atoms with van der Waals surface area (Å²) >= 11 is 0. The number of aryl methyl sites for hydroxylation is 1. The van der Waals surface area contributed by atoms with Crippen molar-refractivity contribution in [3.05, 3.63) is 29.5 Å². The molecule has 7 nitrogen and oxygen atoms in total. The Labute approximate surface area is 165 Å². The van der Waals surface area contributed by atoms with E-state index in [4.69, 9.17) is 9.15 Å². The van der Waals surface area contributed by atoms with Crippen molar-refractivity contribution in [2.24, 2.45) is 0 Å². The molecule has 2 unspecified atom stereocenters. The summed E-state index contributed by atoms with van der Waals surface area (Å²) in [5.41, 5.74) is 1.04. The van der Waals surface area contributed by atoms with Crippen LogP contribution in [0.25, 0.3) is 11.0 Å². The van der Waals surface area contributed by atoms with E-state index in [1.165, 1.54) is 10.4 Å². The van der Waals surface area contributed by atoms with Crippen LogP contribution < -0.4 is 5.32 Å². The topological polar surface area (TPSA) is 88.8 Å². The van der Waals surface area contributed by atoms with Crippen molar-refractivity contribution in [2.45, 2.75) is 44.7 Å². The van der Waals surface area contributed by atoms with Crippen molar-refractivity contribution in [1.29, 1.82) is 0 Å². The molecule has 27 heavy (non-hydrogen) atoms. The van der Waals surface area contributed by atoms with Gasteiger partial charge in [-0.05, 0) is 45.9 Å². The molecular weight excluding hydrogens is 392 g/mol. The molecule has 0 aliphatic carbocycles. The van der Waals surface area contributed by atoms with Gasteiger partial charge in [0.25, 0.3) is 0 Å². The van der Waals surface area contributed by atoms with Crippen LogP contribution in [-0.2, 0) is 14.8 Å². The quantitative estimate of drug-likeness (QED) is 0.771. The highest BCUT2D eigenvalue weighted by Crippen LogP contribution is 2.30. The first-order valence-corrected chi connectivity index (χ1v) is 10.1. The number of furan rings is 1. The van der Waals surface area contributed by atoms with E-state index in [0.717, 1.165) is 0 Å². The van der Waals surface area contributed by atoms with Gasteiger partial charge in [0.05, 0.1) is 11.5 Å². The standard InChI is InChI=1S/C18H24N2O5S.ClH/c1-5-24-18(21)17-13(4)15-8-14(6-7-16(15)25-17)26(22,23)20-10-11(2)19-9-12(20)3;/h6-8,11-12,19H,5,9-10H2,1-4H3;1H. The van der Waals surface area contributed by atoms with Crippen LogP contribution in [0.3, 0.4) is 0 Å². The number of esters is 1. The summed E-state index contributed by atoms with van der Waals surface area (Å²) in [6, 6.07) is 4.65. The molecule has 0 saturated carbocycles. The largest absolute Gasteiger partial charge is 0.460 e. The Morgan fingerprint density at radius 2 is 2.07 bits per heavy atom. The summed E-state index contributed by atoms with van der Waals surface area (Å²) in [7, 11) is -3.64. The smallest absolute Gasteiger partial charge is 0.374 e. The van der Waals surface area contributed by atoms with Crippen LogP contribution in [0.5, 0.6) is 0 Å². The van der Waals surface area contributed by atoms with Crippen molar-refractivity contribution in [3.63, 3.8) is 0 Å². The molecule has 9 heteroatoms. The molecule has 0 radical (unpaired) electrons. The molecule has 1 fully saturated rings. The van der Waals surface area contributed by atoms with E-state index >= 15 is 0 Å². The maximum absolute atomic E-state index is 13.1. The summed E-state index contributed by atoms with van der Waals surface area (Å²) < 4.78 is 38.3. The van der Waals surface area contributed by atoms with Crippen LogP contribution in [0.2, 0.25) is 0 Å². The molecule has 2 aromatic rings. The summed E-state index contributed by atoms with van der Waals surface area (Å²) in [5.74, 6) is -0.435. The van der Waals surface area contributed by atoms with Gasteiger partial charge >= 0.3 is 5.97 Å². The third-order valence-corrected chi connectivity index (χ3v) is 6.66. The molecule has 150 valence electrons. The number of rotatable bonds is 4. The van der Waals surface area contributed by atoms with Gasteiger partial charge in [0, 0.05) is 36.1 Å². The molecule has 0 bridgehead atoms. The number of nitrogens with zero attached hydrogens (tertiary/aromatic N) is 1. The van der Waals surface area contributed by atoms with E-state index in [0.29, 0.717) is 29.6 Å². The Bertz CT molecular complexity index is 941. The van der Waals surface area contributed by atoms with Crippen LogP contribution in [-0.4, -0.2) is 50.5 Å². The molecule has 2 atom stereocenters. The lowest BCUT2D eigenvalue weighted by Crippen LogP contribution is -2.56. The summed E-state index contributed by atoms with van der Waals surface area (Å²) in [6.07, 6.45) is 0. The van der Waals surface area contributed by atoms with Crippen molar-refractivity contribution in [1.82, 2.24) is 9.62 Å². The number of carbonyl (C=O) groups excluding carboxylic acids is 1. The van der Waals surface area contributed by atoms with Gasteiger partial charge in [0.1, 0.15) is 5.58 Å². The molecule has 1 aromatic heterocycles. The molecule has 1 aliphatic heterocycles. The van der Waals surface area contributed by atoms with Crippen LogP contribution in [0.1, 0.15) is 36.9 Å². The Balaban J connectivity index is 0.00000261. The molecule has 0 amide bonds. The minimum Gasteiger partial charge on any atom is -0.460 e. The highest BCUT2D eigenvalue weighted by molar-refractivity contribution is 7.89. The Morgan fingerprint density at radius 1 is 1.37 bits per heavy atom. The van der Waals surface area contributed by atoms with Crippen molar-refractivity contribution >= 4 is 39.4 Å². The first kappa shape index (κ1) is 21.7. The van der Waals surface area contributed by atoms with Gasteiger partial charge in [-0.1, -0.05) is 0 Å².